The summed E-state index contributed by atoms with van der Waals surface area (Å²) in [6.07, 6.45) is 8.86. The van der Waals surface area contributed by atoms with Crippen LogP contribution < -0.4 is 0 Å². The van der Waals surface area contributed by atoms with Gasteiger partial charge < -0.3 is 0 Å². The average Bonchev–Trinajstić information content (AvgIpc) is 3.15. The standard InChI is InChI=1S/C22H24N2O/c1-18-9-11-19(12-10-18)21(13-16-24-14-2-3-15-24)22-8-4-6-20(23-22)7-5-17-25/h4-13,17H,2-3,14-16H2,1H3/b7-5+,21-13+. The summed E-state index contributed by atoms with van der Waals surface area (Å²) < 4.78 is 0. The van der Waals surface area contributed by atoms with Gasteiger partial charge in [-0.25, -0.2) is 4.98 Å². The number of benzene rings is 1. The molecule has 2 aromatic rings. The molecule has 1 aliphatic rings. The molecule has 0 aliphatic carbocycles. The lowest BCUT2D eigenvalue weighted by molar-refractivity contribution is -0.104. The van der Waals surface area contributed by atoms with Crippen LogP contribution in [-0.4, -0.2) is 35.8 Å². The van der Waals surface area contributed by atoms with Gasteiger partial charge in [-0.1, -0.05) is 42.0 Å². The molecule has 0 unspecified atom stereocenters. The van der Waals surface area contributed by atoms with E-state index in [2.05, 4.69) is 42.2 Å². The lowest BCUT2D eigenvalue weighted by Crippen LogP contribution is -2.19. The summed E-state index contributed by atoms with van der Waals surface area (Å²) in [5.74, 6) is 0. The summed E-state index contributed by atoms with van der Waals surface area (Å²) in [6.45, 7) is 5.39. The second-order valence-corrected chi connectivity index (χ2v) is 6.43. The molecular formula is C22H24N2O. The topological polar surface area (TPSA) is 33.2 Å². The largest absolute Gasteiger partial charge is 0.300 e. The van der Waals surface area contributed by atoms with Gasteiger partial charge >= 0.3 is 0 Å². The Balaban J connectivity index is 1.95. The maximum atomic E-state index is 10.6. The fourth-order valence-electron chi connectivity index (χ4n) is 3.12. The highest BCUT2D eigenvalue weighted by Gasteiger charge is 2.12. The van der Waals surface area contributed by atoms with Gasteiger partial charge in [-0.05, 0) is 62.7 Å². The first-order valence-electron chi connectivity index (χ1n) is 8.85. The molecule has 0 amide bonds. The Morgan fingerprint density at radius 2 is 1.88 bits per heavy atom. The van der Waals surface area contributed by atoms with Gasteiger partial charge in [-0.3, -0.25) is 9.69 Å². The Labute approximate surface area is 149 Å². The van der Waals surface area contributed by atoms with Gasteiger partial charge in [0, 0.05) is 12.1 Å². The number of hydrogen-bond acceptors (Lipinski definition) is 3. The van der Waals surface area contributed by atoms with E-state index in [1.54, 1.807) is 6.08 Å². The Hall–Kier alpha value is -2.52. The van der Waals surface area contributed by atoms with Crippen LogP contribution in [0.5, 0.6) is 0 Å². The molecule has 1 saturated heterocycles. The number of carbonyl (C=O) groups is 1. The van der Waals surface area contributed by atoms with Crippen LogP contribution in [0.2, 0.25) is 0 Å². The summed E-state index contributed by atoms with van der Waals surface area (Å²) in [6, 6.07) is 14.5. The third-order valence-corrected chi connectivity index (χ3v) is 4.51. The van der Waals surface area contributed by atoms with Crippen LogP contribution in [0.25, 0.3) is 11.6 Å². The van der Waals surface area contributed by atoms with E-state index in [4.69, 9.17) is 4.98 Å². The van der Waals surface area contributed by atoms with E-state index in [1.807, 2.05) is 18.2 Å². The number of likely N-dealkylation sites (tertiary alicyclic amines) is 1. The maximum absolute atomic E-state index is 10.6. The highest BCUT2D eigenvalue weighted by atomic mass is 16.1. The van der Waals surface area contributed by atoms with Gasteiger partial charge in [0.25, 0.3) is 0 Å². The second-order valence-electron chi connectivity index (χ2n) is 6.43. The molecule has 1 aromatic heterocycles. The number of pyridine rings is 1. The van der Waals surface area contributed by atoms with Crippen molar-refractivity contribution in [1.29, 1.82) is 0 Å². The summed E-state index contributed by atoms with van der Waals surface area (Å²) in [5, 5.41) is 0. The lowest BCUT2D eigenvalue weighted by Gasteiger charge is -2.14. The van der Waals surface area contributed by atoms with E-state index >= 15 is 0 Å². The molecule has 25 heavy (non-hydrogen) atoms. The van der Waals surface area contributed by atoms with E-state index in [-0.39, 0.29) is 0 Å². The van der Waals surface area contributed by atoms with Gasteiger partial charge in [0.05, 0.1) is 11.4 Å². The predicted molar refractivity (Wildman–Crippen MR) is 103 cm³/mol. The van der Waals surface area contributed by atoms with Crippen molar-refractivity contribution in [2.75, 3.05) is 19.6 Å². The van der Waals surface area contributed by atoms with Crippen molar-refractivity contribution >= 4 is 17.9 Å². The quantitative estimate of drug-likeness (QED) is 0.589. The molecule has 3 nitrogen and oxygen atoms in total. The lowest BCUT2D eigenvalue weighted by atomic mass is 10.00. The van der Waals surface area contributed by atoms with Crippen molar-refractivity contribution in [2.45, 2.75) is 19.8 Å². The van der Waals surface area contributed by atoms with Crippen molar-refractivity contribution < 1.29 is 4.79 Å². The molecule has 3 rings (SSSR count). The number of rotatable bonds is 6. The maximum Gasteiger partial charge on any atom is 0.142 e. The number of aromatic nitrogens is 1. The van der Waals surface area contributed by atoms with Crippen molar-refractivity contribution in [3.63, 3.8) is 0 Å². The minimum absolute atomic E-state index is 0.776. The fourth-order valence-corrected chi connectivity index (χ4v) is 3.12. The smallest absolute Gasteiger partial charge is 0.142 e. The number of hydrogen-bond donors (Lipinski definition) is 0. The molecule has 0 bridgehead atoms. The summed E-state index contributed by atoms with van der Waals surface area (Å²) in [7, 11) is 0. The van der Waals surface area contributed by atoms with E-state index in [0.29, 0.717) is 0 Å². The first-order valence-corrected chi connectivity index (χ1v) is 8.85. The first-order chi connectivity index (χ1) is 12.3. The van der Waals surface area contributed by atoms with E-state index in [1.165, 1.54) is 43.1 Å². The van der Waals surface area contributed by atoms with Crippen LogP contribution in [0.15, 0.2) is 54.6 Å². The molecule has 128 valence electrons. The van der Waals surface area contributed by atoms with Crippen LogP contribution in [0, 0.1) is 6.92 Å². The molecular weight excluding hydrogens is 308 g/mol. The second kappa shape index (κ2) is 8.54. The van der Waals surface area contributed by atoms with Crippen LogP contribution >= 0.6 is 0 Å². The monoisotopic (exact) mass is 332 g/mol. The molecule has 0 spiro atoms. The van der Waals surface area contributed by atoms with Crippen LogP contribution in [0.3, 0.4) is 0 Å². The van der Waals surface area contributed by atoms with Gasteiger partial charge in [0.1, 0.15) is 6.29 Å². The molecule has 2 heterocycles. The van der Waals surface area contributed by atoms with E-state index in [9.17, 15) is 4.79 Å². The SMILES string of the molecule is Cc1ccc(/C(=C\CN2CCCC2)c2cccc(/C=C/C=O)n2)cc1. The third-order valence-electron chi connectivity index (χ3n) is 4.51. The summed E-state index contributed by atoms with van der Waals surface area (Å²) in [4.78, 5) is 17.8. The molecule has 0 N–H and O–H groups in total. The highest BCUT2D eigenvalue weighted by Crippen LogP contribution is 2.23. The van der Waals surface area contributed by atoms with Crippen LogP contribution in [-0.2, 0) is 4.79 Å². The highest BCUT2D eigenvalue weighted by molar-refractivity contribution is 5.79. The van der Waals surface area contributed by atoms with E-state index in [0.717, 1.165) is 29.8 Å². The summed E-state index contributed by atoms with van der Waals surface area (Å²) >= 11 is 0. The predicted octanol–water partition coefficient (Wildman–Crippen LogP) is 4.13. The Morgan fingerprint density at radius 3 is 2.60 bits per heavy atom. The normalized spacial score (nSPS) is 15.8. The molecule has 0 saturated carbocycles. The minimum atomic E-state index is 0.776. The van der Waals surface area contributed by atoms with Crippen molar-refractivity contribution in [3.8, 4) is 0 Å². The van der Waals surface area contributed by atoms with Crippen molar-refractivity contribution in [2.24, 2.45) is 0 Å². The van der Waals surface area contributed by atoms with Gasteiger partial charge in [0.2, 0.25) is 0 Å². The Morgan fingerprint density at radius 1 is 1.12 bits per heavy atom. The van der Waals surface area contributed by atoms with Crippen LogP contribution in [0.1, 0.15) is 35.4 Å². The number of allylic oxidation sites excluding steroid dienone is 1. The zero-order chi connectivity index (χ0) is 17.5. The van der Waals surface area contributed by atoms with Gasteiger partial charge in [-0.15, -0.1) is 0 Å². The van der Waals surface area contributed by atoms with Crippen molar-refractivity contribution in [1.82, 2.24) is 9.88 Å². The number of aldehydes is 1. The van der Waals surface area contributed by atoms with E-state index < -0.39 is 0 Å². The van der Waals surface area contributed by atoms with Crippen LogP contribution in [0.4, 0.5) is 0 Å². The number of nitrogens with zero attached hydrogens (tertiary/aromatic N) is 2. The Kier molecular flexibility index (Phi) is 5.91. The molecule has 3 heteroatoms. The molecule has 0 radical (unpaired) electrons. The molecule has 1 aromatic carbocycles. The first kappa shape index (κ1) is 17.3. The summed E-state index contributed by atoms with van der Waals surface area (Å²) in [5.41, 5.74) is 5.31. The average molecular weight is 332 g/mol. The zero-order valence-electron chi connectivity index (χ0n) is 14.7. The minimum Gasteiger partial charge on any atom is -0.300 e. The van der Waals surface area contributed by atoms with Gasteiger partial charge in [0.15, 0.2) is 0 Å². The van der Waals surface area contributed by atoms with Crippen molar-refractivity contribution in [3.05, 3.63) is 77.1 Å². The van der Waals surface area contributed by atoms with Gasteiger partial charge in [-0.2, -0.15) is 0 Å². The molecule has 1 aliphatic heterocycles. The number of aryl methyl sites for hydroxylation is 1. The Bertz CT molecular complexity index is 769. The zero-order valence-corrected chi connectivity index (χ0v) is 14.7. The molecule has 0 atom stereocenters. The number of carbonyl (C=O) groups excluding carboxylic acids is 1. The fraction of sp³-hybridized carbons (Fsp3) is 0.273. The third kappa shape index (κ3) is 4.74. The molecule has 1 fully saturated rings.